The van der Waals surface area contributed by atoms with Crippen LogP contribution in [0.5, 0.6) is 0 Å². The monoisotopic (exact) mass is 294 g/mol. The number of hydrogen-bond donors (Lipinski definition) is 3. The van der Waals surface area contributed by atoms with E-state index in [0.29, 0.717) is 22.3 Å². The number of aromatic amines is 1. The summed E-state index contributed by atoms with van der Waals surface area (Å²) in [6.45, 7) is 2.46. The van der Waals surface area contributed by atoms with Gasteiger partial charge in [0.05, 0.1) is 5.56 Å². The van der Waals surface area contributed by atoms with E-state index in [-0.39, 0.29) is 11.3 Å². The van der Waals surface area contributed by atoms with Crippen molar-refractivity contribution < 1.29 is 9.90 Å². The largest absolute Gasteiger partial charge is 0.478 e. The minimum absolute atomic E-state index is 0.127. The molecule has 7 nitrogen and oxygen atoms in total. The number of aromatic carboxylic acids is 1. The number of H-pyrrole nitrogens is 1. The second-order valence-electron chi connectivity index (χ2n) is 4.13. The molecule has 1 aromatic heterocycles. The summed E-state index contributed by atoms with van der Waals surface area (Å²) in [7, 11) is 0. The molecule has 0 saturated heterocycles. The number of benzene rings is 1. The summed E-state index contributed by atoms with van der Waals surface area (Å²) in [6, 6.07) is 4.52. The van der Waals surface area contributed by atoms with Crippen LogP contribution in [-0.2, 0) is 6.54 Å². The maximum absolute atomic E-state index is 11.6. The quantitative estimate of drug-likeness (QED) is 0.718. The van der Waals surface area contributed by atoms with Gasteiger partial charge in [-0.05, 0) is 36.4 Å². The average molecular weight is 294 g/mol. The molecular formula is C12H14N4O3S. The molecule has 106 valence electrons. The molecule has 1 heterocycles. The van der Waals surface area contributed by atoms with Gasteiger partial charge in [0.1, 0.15) is 0 Å². The molecule has 0 saturated carbocycles. The maximum Gasteiger partial charge on any atom is 0.343 e. The zero-order valence-corrected chi connectivity index (χ0v) is 11.6. The van der Waals surface area contributed by atoms with Gasteiger partial charge in [-0.25, -0.2) is 14.7 Å². The second-order valence-corrected chi connectivity index (χ2v) is 5.13. The van der Waals surface area contributed by atoms with Gasteiger partial charge in [-0.1, -0.05) is 6.92 Å². The highest BCUT2D eigenvalue weighted by molar-refractivity contribution is 7.99. The third-order valence-electron chi connectivity index (χ3n) is 2.61. The molecule has 0 aliphatic carbocycles. The summed E-state index contributed by atoms with van der Waals surface area (Å²) in [4.78, 5) is 23.2. The number of aromatic nitrogens is 3. The van der Waals surface area contributed by atoms with Gasteiger partial charge < -0.3 is 10.8 Å². The first-order chi connectivity index (χ1) is 9.52. The highest BCUT2D eigenvalue weighted by Crippen LogP contribution is 2.30. The smallest absolute Gasteiger partial charge is 0.343 e. The molecule has 0 aliphatic rings. The van der Waals surface area contributed by atoms with Crippen LogP contribution in [0.15, 0.2) is 33.0 Å². The van der Waals surface area contributed by atoms with Crippen molar-refractivity contribution in [3.63, 3.8) is 0 Å². The zero-order chi connectivity index (χ0) is 14.7. The first kappa shape index (κ1) is 14.2. The molecule has 1 aromatic carbocycles. The van der Waals surface area contributed by atoms with E-state index in [1.165, 1.54) is 16.7 Å². The standard InChI is InChI=1S/C12H14N4O3S/c1-2-5-16-11(19)14-15-12(16)20-9-6-7(13)3-4-8(9)10(17)18/h3-4,6H,2,5,13H2,1H3,(H,14,19)(H,17,18). The van der Waals surface area contributed by atoms with Crippen LogP contribution in [-0.4, -0.2) is 25.8 Å². The van der Waals surface area contributed by atoms with E-state index in [9.17, 15) is 9.59 Å². The predicted octanol–water partition coefficient (Wildman–Crippen LogP) is 1.41. The van der Waals surface area contributed by atoms with Crippen LogP contribution < -0.4 is 11.4 Å². The molecule has 0 aliphatic heterocycles. The number of carboxylic acids is 1. The molecule has 0 bridgehead atoms. The fourth-order valence-corrected chi connectivity index (χ4v) is 2.73. The summed E-state index contributed by atoms with van der Waals surface area (Å²) in [5.41, 5.74) is 5.95. The minimum Gasteiger partial charge on any atom is -0.478 e. The molecule has 0 amide bonds. The predicted molar refractivity (Wildman–Crippen MR) is 75.1 cm³/mol. The van der Waals surface area contributed by atoms with Crippen LogP contribution >= 0.6 is 11.8 Å². The molecular weight excluding hydrogens is 280 g/mol. The van der Waals surface area contributed by atoms with Crippen LogP contribution in [0, 0.1) is 0 Å². The van der Waals surface area contributed by atoms with Crippen LogP contribution in [0.25, 0.3) is 0 Å². The fraction of sp³-hybridized carbons (Fsp3) is 0.250. The van der Waals surface area contributed by atoms with Crippen molar-refractivity contribution >= 4 is 23.4 Å². The molecule has 0 unspecified atom stereocenters. The van der Waals surface area contributed by atoms with Gasteiger partial charge >= 0.3 is 11.7 Å². The highest BCUT2D eigenvalue weighted by atomic mass is 32.2. The van der Waals surface area contributed by atoms with Crippen molar-refractivity contribution in [3.8, 4) is 0 Å². The van der Waals surface area contributed by atoms with Gasteiger partial charge in [0.25, 0.3) is 0 Å². The first-order valence-electron chi connectivity index (χ1n) is 5.98. The molecule has 4 N–H and O–H groups in total. The number of carbonyl (C=O) groups is 1. The van der Waals surface area contributed by atoms with E-state index in [0.717, 1.165) is 18.2 Å². The lowest BCUT2D eigenvalue weighted by Gasteiger charge is -2.07. The maximum atomic E-state index is 11.6. The SMILES string of the molecule is CCCn1c(Sc2cc(N)ccc2C(=O)O)n[nH]c1=O. The number of nitrogen functional groups attached to an aromatic ring is 1. The van der Waals surface area contributed by atoms with Gasteiger partial charge in [-0.2, -0.15) is 0 Å². The number of nitrogens with zero attached hydrogens (tertiary/aromatic N) is 2. The Morgan fingerprint density at radius 1 is 1.55 bits per heavy atom. The van der Waals surface area contributed by atoms with Crippen LogP contribution in [0.4, 0.5) is 5.69 Å². The van der Waals surface area contributed by atoms with Crippen molar-refractivity contribution in [2.75, 3.05) is 5.73 Å². The summed E-state index contributed by atoms with van der Waals surface area (Å²) < 4.78 is 1.47. The lowest BCUT2D eigenvalue weighted by molar-refractivity contribution is 0.0693. The Labute approximate surface area is 118 Å². The number of nitrogens with two attached hydrogens (primary N) is 1. The van der Waals surface area contributed by atoms with E-state index >= 15 is 0 Å². The Hall–Kier alpha value is -2.22. The number of nitrogens with one attached hydrogen (secondary N) is 1. The van der Waals surface area contributed by atoms with E-state index in [1.54, 1.807) is 6.07 Å². The first-order valence-corrected chi connectivity index (χ1v) is 6.80. The minimum atomic E-state index is -1.05. The number of anilines is 1. The van der Waals surface area contributed by atoms with Crippen molar-refractivity contribution in [1.29, 1.82) is 0 Å². The Kier molecular flexibility index (Phi) is 4.14. The number of rotatable bonds is 5. The van der Waals surface area contributed by atoms with Crippen LogP contribution in [0.3, 0.4) is 0 Å². The lowest BCUT2D eigenvalue weighted by atomic mass is 10.2. The van der Waals surface area contributed by atoms with Gasteiger partial charge in [0.2, 0.25) is 0 Å². The third-order valence-corrected chi connectivity index (χ3v) is 3.66. The van der Waals surface area contributed by atoms with E-state index in [1.807, 2.05) is 6.92 Å². The molecule has 20 heavy (non-hydrogen) atoms. The Morgan fingerprint density at radius 3 is 2.95 bits per heavy atom. The van der Waals surface area contributed by atoms with E-state index in [4.69, 9.17) is 10.8 Å². The van der Waals surface area contributed by atoms with Crippen LogP contribution in [0.2, 0.25) is 0 Å². The van der Waals surface area contributed by atoms with Crippen LogP contribution in [0.1, 0.15) is 23.7 Å². The molecule has 0 radical (unpaired) electrons. The topological polar surface area (TPSA) is 114 Å². The van der Waals surface area contributed by atoms with E-state index < -0.39 is 5.97 Å². The highest BCUT2D eigenvalue weighted by Gasteiger charge is 2.15. The average Bonchev–Trinajstić information content (AvgIpc) is 2.72. The lowest BCUT2D eigenvalue weighted by Crippen LogP contribution is -2.17. The van der Waals surface area contributed by atoms with Crippen molar-refractivity contribution in [1.82, 2.24) is 14.8 Å². The second kappa shape index (κ2) is 5.83. The summed E-state index contributed by atoms with van der Waals surface area (Å²) in [5, 5.41) is 15.9. The molecule has 0 atom stereocenters. The van der Waals surface area contributed by atoms with Gasteiger partial charge in [-0.3, -0.25) is 4.57 Å². The number of carboxylic acid groups (broad SMARTS) is 1. The summed E-state index contributed by atoms with van der Waals surface area (Å²) >= 11 is 1.10. The molecule has 2 rings (SSSR count). The molecule has 0 spiro atoms. The van der Waals surface area contributed by atoms with Crippen molar-refractivity contribution in [3.05, 3.63) is 34.2 Å². The summed E-state index contributed by atoms with van der Waals surface area (Å²) in [5.74, 6) is -1.05. The number of hydrogen-bond acceptors (Lipinski definition) is 5. The zero-order valence-electron chi connectivity index (χ0n) is 10.8. The Balaban J connectivity index is 2.42. The van der Waals surface area contributed by atoms with Gasteiger partial charge in [0, 0.05) is 17.1 Å². The molecule has 0 fully saturated rings. The normalized spacial score (nSPS) is 10.7. The molecule has 2 aromatic rings. The van der Waals surface area contributed by atoms with E-state index in [2.05, 4.69) is 10.2 Å². The molecule has 8 heteroatoms. The third kappa shape index (κ3) is 2.85. The Bertz CT molecular complexity index is 692. The van der Waals surface area contributed by atoms with Gasteiger partial charge in [0.15, 0.2) is 5.16 Å². The summed E-state index contributed by atoms with van der Waals surface area (Å²) in [6.07, 6.45) is 0.774. The Morgan fingerprint density at radius 2 is 2.30 bits per heavy atom. The van der Waals surface area contributed by atoms with Crippen molar-refractivity contribution in [2.45, 2.75) is 29.9 Å². The fourth-order valence-electron chi connectivity index (χ4n) is 1.70. The van der Waals surface area contributed by atoms with Gasteiger partial charge in [-0.15, -0.1) is 5.10 Å². The van der Waals surface area contributed by atoms with Crippen molar-refractivity contribution in [2.24, 2.45) is 0 Å².